The normalized spacial score (nSPS) is 17.1. The molecule has 0 N–H and O–H groups in total. The van der Waals surface area contributed by atoms with Gasteiger partial charge in [-0.05, 0) is 0 Å². The van der Waals surface area contributed by atoms with Gasteiger partial charge in [0.25, 0.3) is 0 Å². The Bertz CT molecular complexity index is 2150. The van der Waals surface area contributed by atoms with Gasteiger partial charge < -0.3 is 0 Å². The van der Waals surface area contributed by atoms with E-state index >= 15 is 0 Å². The molecule has 242 valence electrons. The van der Waals surface area contributed by atoms with Crippen LogP contribution in [0.3, 0.4) is 0 Å². The molecule has 0 aliphatic heterocycles. The van der Waals surface area contributed by atoms with Crippen LogP contribution in [0.2, 0.25) is 9.26 Å². The topological polar surface area (TPSA) is 0 Å². The van der Waals surface area contributed by atoms with Gasteiger partial charge in [-0.3, -0.25) is 0 Å². The molecule has 2 aliphatic carbocycles. The SMILES string of the molecule is CC1=Cc2c(-c3c(C)cccc3C)ccc(C)c2[CH]1[Zr]([CH3])([CH3])(=[SiH2])[CH]1C(C(C)C)=Cc2c(-c3cccc4ccccc34)cccc21.Cl.Cl. The molecule has 0 radical (unpaired) electrons. The predicted octanol–water partition coefficient (Wildman–Crippen LogP) is 12.5. The van der Waals surface area contributed by atoms with Gasteiger partial charge in [0.1, 0.15) is 0 Å². The summed E-state index contributed by atoms with van der Waals surface area (Å²) in [6.07, 6.45) is 5.19. The van der Waals surface area contributed by atoms with Crippen LogP contribution in [0.1, 0.15) is 67.0 Å². The number of hydrogen-bond acceptors (Lipinski definition) is 0. The van der Waals surface area contributed by atoms with Crippen molar-refractivity contribution in [3.63, 3.8) is 0 Å². The van der Waals surface area contributed by atoms with Crippen molar-refractivity contribution in [3.05, 3.63) is 141 Å². The second kappa shape index (κ2) is 12.8. The maximum absolute atomic E-state index is 3.73. The quantitative estimate of drug-likeness (QED) is 0.157. The summed E-state index contributed by atoms with van der Waals surface area (Å²) >= 11 is -3.73. The second-order valence-corrected chi connectivity index (χ2v) is 45.8. The molecule has 2 aliphatic rings. The van der Waals surface area contributed by atoms with Crippen LogP contribution in [0.25, 0.3) is 45.2 Å². The van der Waals surface area contributed by atoms with Crippen LogP contribution in [0.4, 0.5) is 0 Å². The zero-order valence-corrected chi connectivity index (χ0v) is 34.6. The number of hydrogen-bond donors (Lipinski definition) is 0. The van der Waals surface area contributed by atoms with Gasteiger partial charge in [-0.2, -0.15) is 0 Å². The molecule has 47 heavy (non-hydrogen) atoms. The number of rotatable bonds is 5. The van der Waals surface area contributed by atoms with E-state index in [1.165, 1.54) is 60.8 Å². The van der Waals surface area contributed by atoms with Gasteiger partial charge in [0.05, 0.1) is 0 Å². The smallest absolute Gasteiger partial charge is 0.147 e. The van der Waals surface area contributed by atoms with Crippen LogP contribution in [-0.2, 0) is 17.4 Å². The molecule has 0 amide bonds. The van der Waals surface area contributed by atoms with Gasteiger partial charge in [-0.1, -0.05) is 0 Å². The first-order valence-electron chi connectivity index (χ1n) is 16.7. The van der Waals surface area contributed by atoms with E-state index in [1.54, 1.807) is 22.3 Å². The Morgan fingerprint density at radius 2 is 1.21 bits per heavy atom. The van der Waals surface area contributed by atoms with Crippen LogP contribution in [0.15, 0.2) is 102 Å². The fourth-order valence-electron chi connectivity index (χ4n) is 9.35. The molecule has 4 heteroatoms. The third-order valence-electron chi connectivity index (χ3n) is 11.1. The number of allylic oxidation sites excluding steroid dienone is 2. The van der Waals surface area contributed by atoms with Crippen molar-refractivity contribution in [2.45, 2.75) is 58.1 Å². The van der Waals surface area contributed by atoms with Crippen LogP contribution in [-0.4, -0.2) is 6.88 Å². The first kappa shape index (κ1) is 35.8. The molecule has 0 saturated heterocycles. The van der Waals surface area contributed by atoms with E-state index in [9.17, 15) is 0 Å². The van der Waals surface area contributed by atoms with E-state index in [-0.39, 0.29) is 24.8 Å². The monoisotopic (exact) mass is 752 g/mol. The molecule has 0 nitrogen and oxygen atoms in total. The average Bonchev–Trinajstić information content (AvgIpc) is 3.58. The van der Waals surface area contributed by atoms with Gasteiger partial charge in [-0.25, -0.2) is 0 Å². The van der Waals surface area contributed by atoms with Crippen molar-refractivity contribution >= 4 is 54.6 Å². The molecule has 7 rings (SSSR count). The van der Waals surface area contributed by atoms with Crippen LogP contribution in [0.5, 0.6) is 0 Å². The van der Waals surface area contributed by atoms with E-state index < -0.39 is 17.4 Å². The minimum atomic E-state index is -3.73. The van der Waals surface area contributed by atoms with Gasteiger partial charge >= 0.3 is 275 Å². The number of benzene rings is 5. The summed E-state index contributed by atoms with van der Waals surface area (Å²) in [4.78, 5) is 0. The van der Waals surface area contributed by atoms with Crippen molar-refractivity contribution in [2.24, 2.45) is 5.92 Å². The Morgan fingerprint density at radius 3 is 1.91 bits per heavy atom. The van der Waals surface area contributed by atoms with E-state index in [4.69, 9.17) is 0 Å². The number of halogens is 2. The van der Waals surface area contributed by atoms with Crippen LogP contribution < -0.4 is 0 Å². The molecular weight excluding hydrogens is 707 g/mol. The Hall–Kier alpha value is -2.48. The van der Waals surface area contributed by atoms with E-state index in [2.05, 4.69) is 161 Å². The summed E-state index contributed by atoms with van der Waals surface area (Å²) < 4.78 is 6.56. The number of aryl methyl sites for hydroxylation is 3. The van der Waals surface area contributed by atoms with E-state index in [0.29, 0.717) is 13.2 Å². The van der Waals surface area contributed by atoms with E-state index in [0.717, 1.165) is 0 Å². The standard InChI is InChI=1S/C22H19.C19H19.2CH3.2ClH.H2Si.Zr/c1-15(2)18-13-17-9-6-12-21(22(17)14-18)20-11-5-8-16-7-3-4-10-19(16)20;1-12-10-17-13(2)8-9-16(18(17)11-12)19-14(3)6-5-7-15(19)4;;;;;;/h3-15H,1-2H3;5-11H,1-4H3;2*1H3;2*1H;1H2;. The summed E-state index contributed by atoms with van der Waals surface area (Å²) in [7, 11) is 0. The summed E-state index contributed by atoms with van der Waals surface area (Å²) in [5, 5.41) is 2.65. The minimum Gasteiger partial charge on any atom is -0.147 e. The molecule has 0 heterocycles. The molecule has 0 aromatic heterocycles. The zero-order chi connectivity index (χ0) is 31.9. The molecule has 5 aromatic carbocycles. The summed E-state index contributed by atoms with van der Waals surface area (Å²) in [5.41, 5.74) is 19.1. The average molecular weight is 755 g/mol. The Kier molecular flexibility index (Phi) is 9.73. The molecule has 0 saturated carbocycles. The minimum absolute atomic E-state index is 0. The second-order valence-electron chi connectivity index (χ2n) is 15.3. The van der Waals surface area contributed by atoms with Crippen molar-refractivity contribution in [2.75, 3.05) is 0 Å². The fraction of sp³-hybridized carbons (Fsp3) is 0.256. The van der Waals surface area contributed by atoms with Gasteiger partial charge in [0, 0.05) is 0 Å². The van der Waals surface area contributed by atoms with Crippen LogP contribution in [0, 0.1) is 26.7 Å². The molecule has 2 unspecified atom stereocenters. The first-order chi connectivity index (χ1) is 21.4. The van der Waals surface area contributed by atoms with Crippen molar-refractivity contribution in [1.82, 2.24) is 0 Å². The predicted molar refractivity (Wildman–Crippen MR) is 212 cm³/mol. The Labute approximate surface area is 297 Å². The molecule has 0 bridgehead atoms. The Morgan fingerprint density at radius 1 is 0.596 bits per heavy atom. The fourth-order valence-corrected chi connectivity index (χ4v) is 30.0. The van der Waals surface area contributed by atoms with Crippen molar-refractivity contribution < 1.29 is 17.4 Å². The molecule has 0 spiro atoms. The summed E-state index contributed by atoms with van der Waals surface area (Å²) in [5.74, 6) is 0.493. The Balaban J connectivity index is 0.00000217. The molecule has 0 fully saturated rings. The third kappa shape index (κ3) is 5.62. The van der Waals surface area contributed by atoms with Crippen LogP contribution >= 0.6 is 24.8 Å². The summed E-state index contributed by atoms with van der Waals surface area (Å²) in [6.45, 7) is 16.7. The third-order valence-corrected chi connectivity index (χ3v) is 28.7. The van der Waals surface area contributed by atoms with Crippen molar-refractivity contribution in [3.8, 4) is 22.3 Å². The van der Waals surface area contributed by atoms with E-state index in [1.807, 2.05) is 0 Å². The summed E-state index contributed by atoms with van der Waals surface area (Å²) in [6, 6.07) is 34.4. The molecule has 2 atom stereocenters. The number of fused-ring (bicyclic) bond motifs is 3. The maximum atomic E-state index is 2.78. The van der Waals surface area contributed by atoms with Gasteiger partial charge in [0.2, 0.25) is 0 Å². The molecular formula is C43H48Cl2SiZr. The first-order valence-corrected chi connectivity index (χ1v) is 30.3. The largest absolute Gasteiger partial charge is 0.147 e. The van der Waals surface area contributed by atoms with Gasteiger partial charge in [0.15, 0.2) is 0 Å². The van der Waals surface area contributed by atoms with Crippen molar-refractivity contribution in [1.29, 1.82) is 0 Å². The maximum Gasteiger partial charge on any atom is -0.147 e. The molecule has 5 aromatic rings. The zero-order valence-electron chi connectivity index (χ0n) is 29.1. The van der Waals surface area contributed by atoms with Gasteiger partial charge in [-0.15, -0.1) is 24.8 Å².